The number of hydrogen-bond donors (Lipinski definition) is 0. The van der Waals surface area contributed by atoms with E-state index in [0.29, 0.717) is 0 Å². The molecule has 0 fully saturated rings. The van der Waals surface area contributed by atoms with Crippen molar-refractivity contribution >= 4 is 21.8 Å². The summed E-state index contributed by atoms with van der Waals surface area (Å²) in [5.41, 5.74) is 2.98. The van der Waals surface area contributed by atoms with Crippen LogP contribution in [0.15, 0.2) is 83.1 Å². The third-order valence-electron chi connectivity index (χ3n) is 4.53. The molecule has 0 radical (unpaired) electrons. The maximum Gasteiger partial charge on any atom is 0.144 e. The third-order valence-corrected chi connectivity index (χ3v) is 5.93. The van der Waals surface area contributed by atoms with Crippen molar-refractivity contribution in [3.8, 4) is 11.1 Å². The molecule has 2 heterocycles. The lowest BCUT2D eigenvalue weighted by Crippen LogP contribution is -2.20. The molecule has 0 aliphatic carbocycles. The highest BCUT2D eigenvalue weighted by Crippen LogP contribution is 2.33. The maximum atomic E-state index is 12.7. The molecule has 2 aromatic heterocycles. The zero-order chi connectivity index (χ0) is 19.0. The summed E-state index contributed by atoms with van der Waals surface area (Å²) in [6.07, 6.45) is 5.57. The Hall–Kier alpha value is -2.79. The molecule has 4 aromatic rings. The summed E-state index contributed by atoms with van der Waals surface area (Å²) in [5, 5.41) is 1.02. The summed E-state index contributed by atoms with van der Waals surface area (Å²) >= 11 is 0. The minimum atomic E-state index is -1.18. The first-order valence-corrected chi connectivity index (χ1v) is 9.99. The Bertz CT molecular complexity index is 1110. The van der Waals surface area contributed by atoms with Crippen molar-refractivity contribution in [2.75, 3.05) is 0 Å². The van der Waals surface area contributed by atoms with E-state index in [0.717, 1.165) is 32.0 Å². The summed E-state index contributed by atoms with van der Waals surface area (Å²) < 4.78 is 14.9. The van der Waals surface area contributed by atoms with Crippen molar-refractivity contribution in [3.63, 3.8) is 0 Å². The van der Waals surface area contributed by atoms with Crippen LogP contribution in [0.1, 0.15) is 20.8 Å². The van der Waals surface area contributed by atoms with E-state index < -0.39 is 10.8 Å². The Labute approximate surface area is 161 Å². The predicted molar refractivity (Wildman–Crippen MR) is 109 cm³/mol. The molecule has 136 valence electrons. The van der Waals surface area contributed by atoms with Crippen LogP contribution in [0.3, 0.4) is 0 Å². The minimum absolute atomic E-state index is 0.0837. The summed E-state index contributed by atoms with van der Waals surface area (Å²) in [7, 11) is -1.18. The van der Waals surface area contributed by atoms with Gasteiger partial charge in [-0.1, -0.05) is 30.3 Å². The molecule has 0 aliphatic rings. The molecule has 4 nitrogen and oxygen atoms in total. The average Bonchev–Trinajstić information content (AvgIpc) is 3.08. The van der Waals surface area contributed by atoms with Gasteiger partial charge in [0.25, 0.3) is 0 Å². The van der Waals surface area contributed by atoms with E-state index in [9.17, 15) is 4.21 Å². The third kappa shape index (κ3) is 3.30. The molecule has 0 N–H and O–H groups in total. The van der Waals surface area contributed by atoms with Crippen LogP contribution in [-0.4, -0.2) is 18.7 Å². The zero-order valence-corrected chi connectivity index (χ0v) is 16.4. The first-order chi connectivity index (χ1) is 12.9. The van der Waals surface area contributed by atoms with Gasteiger partial charge in [-0.3, -0.25) is 0 Å². The van der Waals surface area contributed by atoms with E-state index in [2.05, 4.69) is 41.5 Å². The quantitative estimate of drug-likeness (QED) is 0.505. The number of benzene rings is 2. The van der Waals surface area contributed by atoms with E-state index in [1.54, 1.807) is 6.33 Å². The summed E-state index contributed by atoms with van der Waals surface area (Å²) in [6, 6.07) is 17.4. The van der Waals surface area contributed by atoms with Crippen LogP contribution in [0.5, 0.6) is 0 Å². The topological polar surface area (TPSA) is 47.8 Å². The molecule has 2 aromatic carbocycles. The van der Waals surface area contributed by atoms with Crippen LogP contribution in [0.2, 0.25) is 0 Å². The molecule has 0 amide bonds. The van der Waals surface area contributed by atoms with Gasteiger partial charge in [0, 0.05) is 38.7 Å². The molecule has 0 aliphatic heterocycles. The molecule has 1 unspecified atom stereocenters. The Morgan fingerprint density at radius 1 is 0.926 bits per heavy atom. The van der Waals surface area contributed by atoms with Crippen molar-refractivity contribution in [1.29, 1.82) is 0 Å². The second-order valence-electron chi connectivity index (χ2n) is 7.45. The molecule has 0 spiro atoms. The van der Waals surface area contributed by atoms with Crippen molar-refractivity contribution in [1.82, 2.24) is 14.5 Å². The van der Waals surface area contributed by atoms with E-state index in [1.165, 1.54) is 0 Å². The highest BCUT2D eigenvalue weighted by molar-refractivity contribution is 7.85. The highest BCUT2D eigenvalue weighted by atomic mass is 32.2. The largest absolute Gasteiger partial charge is 0.326 e. The van der Waals surface area contributed by atoms with Gasteiger partial charge >= 0.3 is 0 Å². The fourth-order valence-corrected chi connectivity index (χ4v) is 4.20. The zero-order valence-electron chi connectivity index (χ0n) is 15.6. The maximum absolute atomic E-state index is 12.7. The molecule has 27 heavy (non-hydrogen) atoms. The highest BCUT2D eigenvalue weighted by Gasteiger charge is 2.20. The Kier molecular flexibility index (Phi) is 4.40. The van der Waals surface area contributed by atoms with Gasteiger partial charge in [-0.25, -0.2) is 14.2 Å². The van der Waals surface area contributed by atoms with E-state index in [-0.39, 0.29) is 5.54 Å². The molecule has 0 bridgehead atoms. The number of fused-ring (bicyclic) bond motifs is 1. The van der Waals surface area contributed by atoms with Crippen molar-refractivity contribution in [2.45, 2.75) is 36.1 Å². The molecular formula is C22H21N3OS. The molecule has 0 saturated carbocycles. The lowest BCUT2D eigenvalue weighted by atomic mass is 10.1. The smallest absolute Gasteiger partial charge is 0.144 e. The van der Waals surface area contributed by atoms with E-state index in [1.807, 2.05) is 60.8 Å². The normalized spacial score (nSPS) is 13.0. The Morgan fingerprint density at radius 3 is 2.26 bits per heavy atom. The van der Waals surface area contributed by atoms with E-state index in [4.69, 9.17) is 0 Å². The number of hydrogen-bond acceptors (Lipinski definition) is 3. The van der Waals surface area contributed by atoms with Crippen LogP contribution in [-0.2, 0) is 16.3 Å². The van der Waals surface area contributed by atoms with Gasteiger partial charge in [0.15, 0.2) is 0 Å². The Morgan fingerprint density at radius 2 is 1.59 bits per heavy atom. The van der Waals surface area contributed by atoms with Gasteiger partial charge in [0.05, 0.1) is 10.8 Å². The van der Waals surface area contributed by atoms with Crippen LogP contribution in [0.4, 0.5) is 0 Å². The van der Waals surface area contributed by atoms with E-state index >= 15 is 0 Å². The standard InChI is InChI=1S/C22H21N3OS/c1-22(2,3)25-14-20(19-13-23-15-24-21(19)25)16-9-11-18(12-10-16)27(26)17-7-5-4-6-8-17/h4-15H,1-3H3. The molecule has 4 rings (SSSR count). The van der Waals surface area contributed by atoms with Gasteiger partial charge in [-0.15, -0.1) is 0 Å². The van der Waals surface area contributed by atoms with Crippen molar-refractivity contribution < 1.29 is 4.21 Å². The van der Waals surface area contributed by atoms with Crippen LogP contribution in [0.25, 0.3) is 22.2 Å². The van der Waals surface area contributed by atoms with Gasteiger partial charge in [0.2, 0.25) is 0 Å². The summed E-state index contributed by atoms with van der Waals surface area (Å²) in [5.74, 6) is 0. The lowest BCUT2D eigenvalue weighted by Gasteiger charge is -2.21. The summed E-state index contributed by atoms with van der Waals surface area (Å²) in [4.78, 5) is 10.3. The molecular weight excluding hydrogens is 354 g/mol. The first-order valence-electron chi connectivity index (χ1n) is 8.84. The summed E-state index contributed by atoms with van der Waals surface area (Å²) in [6.45, 7) is 6.47. The minimum Gasteiger partial charge on any atom is -0.326 e. The van der Waals surface area contributed by atoms with Crippen LogP contribution < -0.4 is 0 Å². The Balaban J connectivity index is 1.76. The monoisotopic (exact) mass is 375 g/mol. The lowest BCUT2D eigenvalue weighted by molar-refractivity contribution is 0.408. The number of aromatic nitrogens is 3. The van der Waals surface area contributed by atoms with Crippen LogP contribution in [0, 0.1) is 0 Å². The van der Waals surface area contributed by atoms with Crippen molar-refractivity contribution in [2.24, 2.45) is 0 Å². The first kappa shape index (κ1) is 17.6. The van der Waals surface area contributed by atoms with Crippen LogP contribution >= 0.6 is 0 Å². The van der Waals surface area contributed by atoms with Gasteiger partial charge < -0.3 is 4.57 Å². The average molecular weight is 375 g/mol. The molecule has 0 saturated heterocycles. The van der Waals surface area contributed by atoms with Crippen molar-refractivity contribution in [3.05, 3.63) is 73.3 Å². The number of nitrogens with zero attached hydrogens (tertiary/aromatic N) is 3. The molecule has 5 heteroatoms. The fourth-order valence-electron chi connectivity index (χ4n) is 3.14. The fraction of sp³-hybridized carbons (Fsp3) is 0.182. The van der Waals surface area contributed by atoms with Gasteiger partial charge in [0.1, 0.15) is 12.0 Å². The SMILES string of the molecule is CC(C)(C)n1cc(-c2ccc(S(=O)c3ccccc3)cc2)c2cncnc21. The van der Waals surface area contributed by atoms with Gasteiger partial charge in [-0.05, 0) is 50.6 Å². The van der Waals surface area contributed by atoms with Gasteiger partial charge in [-0.2, -0.15) is 0 Å². The second-order valence-corrected chi connectivity index (χ2v) is 8.93. The second kappa shape index (κ2) is 6.74. The molecule has 1 atom stereocenters. The number of rotatable bonds is 3. The predicted octanol–water partition coefficient (Wildman–Crippen LogP) is 5.02.